The molecule has 0 fully saturated rings. The maximum Gasteiger partial charge on any atom is 0.241 e. The van der Waals surface area contributed by atoms with Gasteiger partial charge in [0.1, 0.15) is 5.75 Å². The van der Waals surface area contributed by atoms with Gasteiger partial charge in [-0.15, -0.1) is 0 Å². The Hall–Kier alpha value is -1.99. The lowest BCUT2D eigenvalue weighted by Gasteiger charge is -2.21. The lowest BCUT2D eigenvalue weighted by molar-refractivity contribution is -0.126. The Kier molecular flexibility index (Phi) is 8.59. The number of amides is 1. The number of phenols is 1. The summed E-state index contributed by atoms with van der Waals surface area (Å²) in [6, 6.07) is 9.96. The van der Waals surface area contributed by atoms with E-state index in [1.165, 1.54) is 4.90 Å². The van der Waals surface area contributed by atoms with Crippen molar-refractivity contribution in [1.29, 1.82) is 0 Å². The minimum Gasteiger partial charge on any atom is -0.508 e. The molecule has 6 nitrogen and oxygen atoms in total. The highest BCUT2D eigenvalue weighted by Crippen LogP contribution is 2.32. The number of halogens is 2. The molecule has 2 aromatic rings. The van der Waals surface area contributed by atoms with Crippen LogP contribution in [0.25, 0.3) is 0 Å². The summed E-state index contributed by atoms with van der Waals surface area (Å²) in [4.78, 5) is 13.2. The van der Waals surface area contributed by atoms with Crippen LogP contribution in [-0.4, -0.2) is 54.2 Å². The summed E-state index contributed by atoms with van der Waals surface area (Å²) in [5.74, 6) is 0.0888. The number of nitrogens with zero attached hydrogens (tertiary/aromatic N) is 1. The zero-order valence-electron chi connectivity index (χ0n) is 16.7. The Balaban J connectivity index is 1.90. The maximum atomic E-state index is 11.7. The third-order valence-corrected chi connectivity index (χ3v) is 5.20. The van der Waals surface area contributed by atoms with Gasteiger partial charge in [0.2, 0.25) is 5.91 Å². The molecule has 0 unspecified atom stereocenters. The Bertz CT molecular complexity index is 805. The van der Waals surface area contributed by atoms with Crippen LogP contribution in [0.2, 0.25) is 10.0 Å². The van der Waals surface area contributed by atoms with E-state index in [9.17, 15) is 15.0 Å². The lowest BCUT2D eigenvalue weighted by Crippen LogP contribution is -2.33. The number of hydrogen-bond donors (Lipinski definition) is 4. The van der Waals surface area contributed by atoms with E-state index in [0.717, 1.165) is 11.1 Å². The lowest BCUT2D eigenvalue weighted by atomic mass is 10.0. The number of anilines is 1. The summed E-state index contributed by atoms with van der Waals surface area (Å²) in [6.07, 6.45) is -0.0215. The van der Waals surface area contributed by atoms with Gasteiger partial charge in [-0.3, -0.25) is 4.79 Å². The van der Waals surface area contributed by atoms with Crippen molar-refractivity contribution in [3.05, 3.63) is 57.6 Å². The third kappa shape index (κ3) is 6.78. The molecule has 0 radical (unpaired) electrons. The van der Waals surface area contributed by atoms with Crippen LogP contribution >= 0.6 is 23.2 Å². The molecule has 0 aliphatic rings. The van der Waals surface area contributed by atoms with E-state index in [-0.39, 0.29) is 24.2 Å². The second-order valence-corrected chi connectivity index (χ2v) is 7.92. The molecule has 2 aromatic carbocycles. The summed E-state index contributed by atoms with van der Waals surface area (Å²) >= 11 is 12.7. The number of rotatable bonds is 9. The molecule has 0 aliphatic heterocycles. The fourth-order valence-corrected chi connectivity index (χ4v) is 3.44. The van der Waals surface area contributed by atoms with Gasteiger partial charge in [-0.25, -0.2) is 0 Å². The molecule has 158 valence electrons. The normalized spacial score (nSPS) is 13.0. The quantitative estimate of drug-likeness (QED) is 0.480. The van der Waals surface area contributed by atoms with Gasteiger partial charge in [-0.1, -0.05) is 35.3 Å². The van der Waals surface area contributed by atoms with Gasteiger partial charge in [0.15, 0.2) is 0 Å². The number of phenolic OH excluding ortho intramolecular Hbond substituents is 1. The van der Waals surface area contributed by atoms with E-state index >= 15 is 0 Å². The Morgan fingerprint density at radius 1 is 1.14 bits per heavy atom. The molecule has 0 aliphatic carbocycles. The van der Waals surface area contributed by atoms with E-state index in [4.69, 9.17) is 23.2 Å². The fraction of sp³-hybridized carbons (Fsp3) is 0.381. The topological polar surface area (TPSA) is 84.8 Å². The number of carbonyl (C=O) groups is 1. The van der Waals surface area contributed by atoms with Crippen LogP contribution < -0.4 is 10.6 Å². The minimum absolute atomic E-state index is 0.0772. The number of hydrogen-bond acceptors (Lipinski definition) is 5. The highest BCUT2D eigenvalue weighted by Gasteiger charge is 2.16. The van der Waals surface area contributed by atoms with Crippen LogP contribution in [0.15, 0.2) is 36.4 Å². The number of aromatic hydroxyl groups is 1. The van der Waals surface area contributed by atoms with Gasteiger partial charge >= 0.3 is 0 Å². The Morgan fingerprint density at radius 3 is 2.28 bits per heavy atom. The Morgan fingerprint density at radius 2 is 1.72 bits per heavy atom. The van der Waals surface area contributed by atoms with Gasteiger partial charge in [0, 0.05) is 20.1 Å². The molecule has 0 heterocycles. The number of likely N-dealkylation sites (N-methyl/N-ethyl adjacent to an activating group) is 1. The predicted molar refractivity (Wildman–Crippen MR) is 118 cm³/mol. The van der Waals surface area contributed by atoms with Crippen molar-refractivity contribution in [2.75, 3.05) is 32.5 Å². The number of aliphatic hydroxyl groups is 1. The number of benzene rings is 2. The van der Waals surface area contributed by atoms with Crippen LogP contribution in [0, 0.1) is 0 Å². The average Bonchev–Trinajstić information content (AvgIpc) is 2.67. The molecule has 0 saturated heterocycles. The Labute approximate surface area is 181 Å². The standard InChI is InChI=1S/C21H27Cl2N3O3/c1-13(21(29)15-4-6-16(27)7-5-15)24-9-8-14-10-17(22)20(18(23)11-14)25-12-19(28)26(2)3/h4-7,10-11,13,21,24-25,27,29H,8-9,12H2,1-3H3/t13-,21+/m0/s1. The molecule has 0 bridgehead atoms. The smallest absolute Gasteiger partial charge is 0.241 e. The summed E-state index contributed by atoms with van der Waals surface area (Å²) in [5.41, 5.74) is 2.22. The van der Waals surface area contributed by atoms with E-state index in [1.54, 1.807) is 38.4 Å². The van der Waals surface area contributed by atoms with Gasteiger partial charge in [-0.2, -0.15) is 0 Å². The van der Waals surface area contributed by atoms with Crippen molar-refractivity contribution in [3.63, 3.8) is 0 Å². The van der Waals surface area contributed by atoms with Crippen LogP contribution in [0.1, 0.15) is 24.2 Å². The third-order valence-electron chi connectivity index (χ3n) is 4.61. The van der Waals surface area contributed by atoms with Crippen molar-refractivity contribution in [3.8, 4) is 5.75 Å². The highest BCUT2D eigenvalue weighted by atomic mass is 35.5. The zero-order chi connectivity index (χ0) is 21.6. The number of carbonyl (C=O) groups excluding carboxylic acids is 1. The second-order valence-electron chi connectivity index (χ2n) is 7.11. The van der Waals surface area contributed by atoms with E-state index in [0.29, 0.717) is 28.7 Å². The first-order valence-corrected chi connectivity index (χ1v) is 10.1. The first-order chi connectivity index (χ1) is 13.7. The molecule has 1 amide bonds. The monoisotopic (exact) mass is 439 g/mol. The second kappa shape index (κ2) is 10.7. The molecule has 2 atom stereocenters. The van der Waals surface area contributed by atoms with Gasteiger partial charge in [-0.05, 0) is 55.3 Å². The molecular formula is C21H27Cl2N3O3. The SMILES string of the molecule is C[C@H](NCCc1cc(Cl)c(NCC(=O)N(C)C)c(Cl)c1)[C@@H](O)c1ccc(O)cc1. The number of aliphatic hydroxyl groups excluding tert-OH is 1. The van der Waals surface area contributed by atoms with Crippen LogP contribution in [0.3, 0.4) is 0 Å². The molecule has 29 heavy (non-hydrogen) atoms. The molecule has 2 rings (SSSR count). The van der Waals surface area contributed by atoms with Crippen molar-refractivity contribution >= 4 is 34.8 Å². The molecular weight excluding hydrogens is 413 g/mol. The molecule has 8 heteroatoms. The molecule has 0 aromatic heterocycles. The van der Waals surface area contributed by atoms with Crippen molar-refractivity contribution in [1.82, 2.24) is 10.2 Å². The average molecular weight is 440 g/mol. The zero-order valence-corrected chi connectivity index (χ0v) is 18.3. The molecule has 0 saturated carbocycles. The predicted octanol–water partition coefficient (Wildman–Crippen LogP) is 3.45. The van der Waals surface area contributed by atoms with E-state index < -0.39 is 6.10 Å². The summed E-state index contributed by atoms with van der Waals surface area (Å²) in [5, 5.41) is 26.9. The highest BCUT2D eigenvalue weighted by molar-refractivity contribution is 6.39. The van der Waals surface area contributed by atoms with Gasteiger partial charge in [0.25, 0.3) is 0 Å². The van der Waals surface area contributed by atoms with Crippen LogP contribution in [0.4, 0.5) is 5.69 Å². The van der Waals surface area contributed by atoms with Crippen molar-refractivity contribution in [2.45, 2.75) is 25.5 Å². The van der Waals surface area contributed by atoms with E-state index in [2.05, 4.69) is 10.6 Å². The number of nitrogens with one attached hydrogen (secondary N) is 2. The maximum absolute atomic E-state index is 11.7. The van der Waals surface area contributed by atoms with Crippen LogP contribution in [-0.2, 0) is 11.2 Å². The largest absolute Gasteiger partial charge is 0.508 e. The fourth-order valence-electron chi connectivity index (χ4n) is 2.78. The summed E-state index contributed by atoms with van der Waals surface area (Å²) < 4.78 is 0. The van der Waals surface area contributed by atoms with Gasteiger partial charge < -0.3 is 25.7 Å². The minimum atomic E-state index is -0.691. The summed E-state index contributed by atoms with van der Waals surface area (Å²) in [6.45, 7) is 2.63. The van der Waals surface area contributed by atoms with Crippen LogP contribution in [0.5, 0.6) is 5.75 Å². The van der Waals surface area contributed by atoms with Gasteiger partial charge in [0.05, 0.1) is 28.4 Å². The van der Waals surface area contributed by atoms with Crippen molar-refractivity contribution < 1.29 is 15.0 Å². The van der Waals surface area contributed by atoms with Crippen molar-refractivity contribution in [2.24, 2.45) is 0 Å². The first kappa shape index (κ1) is 23.3. The molecule has 0 spiro atoms. The molecule has 4 N–H and O–H groups in total. The first-order valence-electron chi connectivity index (χ1n) is 9.31. The summed E-state index contributed by atoms with van der Waals surface area (Å²) in [7, 11) is 3.37. The van der Waals surface area contributed by atoms with E-state index in [1.807, 2.05) is 19.1 Å².